The van der Waals surface area contributed by atoms with Crippen LogP contribution in [0.3, 0.4) is 0 Å². The molecular formula is C12H20N2. The fourth-order valence-electron chi connectivity index (χ4n) is 4.04. The summed E-state index contributed by atoms with van der Waals surface area (Å²) in [6.45, 7) is 4.74. The van der Waals surface area contributed by atoms with Gasteiger partial charge in [0.1, 0.15) is 0 Å². The Bertz CT molecular complexity index is 245. The van der Waals surface area contributed by atoms with E-state index >= 15 is 0 Å². The Kier molecular flexibility index (Phi) is 1.78. The molecule has 2 fully saturated rings. The van der Waals surface area contributed by atoms with E-state index in [-0.39, 0.29) is 0 Å². The largest absolute Gasteiger partial charge is 0.190 e. The zero-order chi connectivity index (χ0) is 9.76. The van der Waals surface area contributed by atoms with Crippen LogP contribution in [-0.4, -0.2) is 12.1 Å². The van der Waals surface area contributed by atoms with Crippen molar-refractivity contribution in [2.24, 2.45) is 27.5 Å². The van der Waals surface area contributed by atoms with E-state index in [2.05, 4.69) is 24.1 Å². The summed E-state index contributed by atoms with van der Waals surface area (Å²) in [5, 5.41) is 9.02. The minimum absolute atomic E-state index is 0.368. The molecule has 1 aliphatic heterocycles. The van der Waals surface area contributed by atoms with E-state index in [0.717, 1.165) is 11.8 Å². The molecular weight excluding hydrogens is 172 g/mol. The van der Waals surface area contributed by atoms with Gasteiger partial charge in [0.2, 0.25) is 0 Å². The van der Waals surface area contributed by atoms with Crippen molar-refractivity contribution in [3.8, 4) is 0 Å². The predicted molar refractivity (Wildman–Crippen MR) is 56.3 cm³/mol. The zero-order valence-corrected chi connectivity index (χ0v) is 9.24. The van der Waals surface area contributed by atoms with Gasteiger partial charge in [-0.2, -0.15) is 10.2 Å². The molecule has 2 heteroatoms. The summed E-state index contributed by atoms with van der Waals surface area (Å²) in [6.07, 6.45) is 7.11. The van der Waals surface area contributed by atoms with Gasteiger partial charge in [-0.15, -0.1) is 0 Å². The molecule has 0 amide bonds. The van der Waals surface area contributed by atoms with E-state index in [1.165, 1.54) is 32.1 Å². The third-order valence-corrected chi connectivity index (χ3v) is 4.78. The van der Waals surface area contributed by atoms with Crippen molar-refractivity contribution in [1.29, 1.82) is 0 Å². The van der Waals surface area contributed by atoms with Crippen molar-refractivity contribution in [3.05, 3.63) is 0 Å². The van der Waals surface area contributed by atoms with E-state index < -0.39 is 0 Å². The Morgan fingerprint density at radius 2 is 1.36 bits per heavy atom. The first-order valence-electron chi connectivity index (χ1n) is 6.11. The number of azo groups is 1. The molecule has 0 N–H and O–H groups in total. The molecule has 0 radical (unpaired) electrons. The lowest BCUT2D eigenvalue weighted by Crippen LogP contribution is -2.27. The molecule has 4 atom stereocenters. The highest BCUT2D eigenvalue weighted by Gasteiger charge is 2.58. The van der Waals surface area contributed by atoms with Gasteiger partial charge < -0.3 is 0 Å². The van der Waals surface area contributed by atoms with Crippen LogP contribution in [0.4, 0.5) is 0 Å². The van der Waals surface area contributed by atoms with Crippen LogP contribution < -0.4 is 0 Å². The fraction of sp³-hybridized carbons (Fsp3) is 1.00. The summed E-state index contributed by atoms with van der Waals surface area (Å²) < 4.78 is 0. The van der Waals surface area contributed by atoms with E-state index in [9.17, 15) is 0 Å². The Morgan fingerprint density at radius 1 is 0.857 bits per heavy atom. The highest BCUT2D eigenvalue weighted by atomic mass is 15.2. The molecule has 2 saturated carbocycles. The number of hydrogen-bond acceptors (Lipinski definition) is 2. The Balaban J connectivity index is 1.94. The lowest BCUT2D eigenvalue weighted by atomic mass is 9.83. The van der Waals surface area contributed by atoms with E-state index in [0.29, 0.717) is 17.5 Å². The summed E-state index contributed by atoms with van der Waals surface area (Å²) in [4.78, 5) is 0. The second kappa shape index (κ2) is 2.80. The second-order valence-electron chi connectivity index (χ2n) is 5.91. The highest BCUT2D eigenvalue weighted by molar-refractivity contribution is 5.12. The van der Waals surface area contributed by atoms with Crippen LogP contribution in [0.1, 0.15) is 46.0 Å². The van der Waals surface area contributed by atoms with Gasteiger partial charge in [0, 0.05) is 5.41 Å². The molecule has 14 heavy (non-hydrogen) atoms. The Labute approximate surface area is 86.2 Å². The average Bonchev–Trinajstić information content (AvgIpc) is 2.48. The van der Waals surface area contributed by atoms with Gasteiger partial charge in [0.25, 0.3) is 0 Å². The van der Waals surface area contributed by atoms with Crippen LogP contribution in [0, 0.1) is 17.3 Å². The molecule has 0 aromatic heterocycles. The number of nitrogens with zero attached hydrogens (tertiary/aromatic N) is 2. The van der Waals surface area contributed by atoms with Gasteiger partial charge in [-0.05, 0) is 24.7 Å². The molecule has 4 unspecified atom stereocenters. The fourth-order valence-corrected chi connectivity index (χ4v) is 4.04. The second-order valence-corrected chi connectivity index (χ2v) is 5.91. The minimum atomic E-state index is 0.368. The van der Waals surface area contributed by atoms with Gasteiger partial charge in [-0.25, -0.2) is 0 Å². The smallest absolute Gasteiger partial charge is 0.0811 e. The van der Waals surface area contributed by atoms with E-state index in [1.807, 2.05) is 0 Å². The first kappa shape index (κ1) is 8.87. The van der Waals surface area contributed by atoms with E-state index in [4.69, 9.17) is 0 Å². The van der Waals surface area contributed by atoms with Crippen LogP contribution in [0.2, 0.25) is 0 Å². The maximum Gasteiger partial charge on any atom is 0.0811 e. The quantitative estimate of drug-likeness (QED) is 0.562. The topological polar surface area (TPSA) is 24.7 Å². The van der Waals surface area contributed by atoms with Gasteiger partial charge in [-0.3, -0.25) is 0 Å². The molecule has 2 nitrogen and oxygen atoms in total. The monoisotopic (exact) mass is 192 g/mol. The van der Waals surface area contributed by atoms with Gasteiger partial charge in [0.15, 0.2) is 0 Å². The van der Waals surface area contributed by atoms with Crippen LogP contribution in [-0.2, 0) is 0 Å². The van der Waals surface area contributed by atoms with Crippen LogP contribution in [0.5, 0.6) is 0 Å². The highest BCUT2D eigenvalue weighted by Crippen LogP contribution is 2.57. The third-order valence-electron chi connectivity index (χ3n) is 4.78. The van der Waals surface area contributed by atoms with Gasteiger partial charge >= 0.3 is 0 Å². The Hall–Kier alpha value is -0.400. The molecule has 3 rings (SSSR count). The van der Waals surface area contributed by atoms with Crippen LogP contribution in [0.25, 0.3) is 0 Å². The average molecular weight is 192 g/mol. The summed E-state index contributed by atoms with van der Waals surface area (Å²) in [7, 11) is 0. The maximum atomic E-state index is 4.51. The lowest BCUT2D eigenvalue weighted by Gasteiger charge is -2.23. The summed E-state index contributed by atoms with van der Waals surface area (Å²) in [6, 6.07) is 1.10. The Morgan fingerprint density at radius 3 is 1.86 bits per heavy atom. The SMILES string of the molecule is CC1(C)C2N=NC1C1CCCCCC12. The molecule has 0 aromatic rings. The zero-order valence-electron chi connectivity index (χ0n) is 9.24. The van der Waals surface area contributed by atoms with Crippen molar-refractivity contribution in [1.82, 2.24) is 0 Å². The molecule has 3 aliphatic rings. The molecule has 0 aromatic carbocycles. The van der Waals surface area contributed by atoms with Gasteiger partial charge in [-0.1, -0.05) is 33.1 Å². The summed E-state index contributed by atoms with van der Waals surface area (Å²) >= 11 is 0. The standard InChI is InChI=1S/C12H20N2/c1-12(2)10-8-6-4-3-5-7-9(8)11(12)14-13-10/h8-11H,3-7H2,1-2H3. The maximum absolute atomic E-state index is 4.51. The predicted octanol–water partition coefficient (Wildman–Crippen LogP) is 3.43. The summed E-state index contributed by atoms with van der Waals surface area (Å²) in [5.41, 5.74) is 0.368. The molecule has 0 saturated heterocycles. The van der Waals surface area contributed by atoms with Crippen LogP contribution >= 0.6 is 0 Å². The number of hydrogen-bond donors (Lipinski definition) is 0. The molecule has 78 valence electrons. The minimum Gasteiger partial charge on any atom is -0.190 e. The van der Waals surface area contributed by atoms with Crippen LogP contribution in [0.15, 0.2) is 10.2 Å². The van der Waals surface area contributed by atoms with Gasteiger partial charge in [0.05, 0.1) is 12.1 Å². The van der Waals surface area contributed by atoms with Crippen molar-refractivity contribution < 1.29 is 0 Å². The lowest BCUT2D eigenvalue weighted by molar-refractivity contribution is 0.292. The molecule has 0 spiro atoms. The summed E-state index contributed by atoms with van der Waals surface area (Å²) in [5.74, 6) is 1.74. The molecule has 2 aliphatic carbocycles. The van der Waals surface area contributed by atoms with Crippen molar-refractivity contribution in [2.75, 3.05) is 0 Å². The third kappa shape index (κ3) is 0.973. The number of fused-ring (bicyclic) bond motifs is 5. The first-order valence-corrected chi connectivity index (χ1v) is 6.11. The number of rotatable bonds is 0. The van der Waals surface area contributed by atoms with Crippen molar-refractivity contribution in [3.63, 3.8) is 0 Å². The molecule has 2 bridgehead atoms. The van der Waals surface area contributed by atoms with Crippen molar-refractivity contribution in [2.45, 2.75) is 58.0 Å². The normalized spacial score (nSPS) is 49.0. The molecule has 1 heterocycles. The van der Waals surface area contributed by atoms with E-state index in [1.54, 1.807) is 0 Å². The van der Waals surface area contributed by atoms with Crippen molar-refractivity contribution >= 4 is 0 Å². The first-order chi connectivity index (χ1) is 6.71.